The summed E-state index contributed by atoms with van der Waals surface area (Å²) in [6, 6.07) is 3.86. The van der Waals surface area contributed by atoms with Crippen LogP contribution in [-0.2, 0) is 13.5 Å². The summed E-state index contributed by atoms with van der Waals surface area (Å²) in [5.41, 5.74) is 1.07. The molecule has 0 aliphatic carbocycles. The number of rotatable bonds is 4. The Labute approximate surface area is 102 Å². The average Bonchev–Trinajstić information content (AvgIpc) is 2.64. The molecule has 16 heavy (non-hydrogen) atoms. The lowest BCUT2D eigenvalue weighted by molar-refractivity contribution is 0.742. The Morgan fingerprint density at radius 1 is 1.44 bits per heavy atom. The van der Waals surface area contributed by atoms with Crippen LogP contribution < -0.4 is 5.32 Å². The van der Waals surface area contributed by atoms with Crippen molar-refractivity contribution in [1.82, 2.24) is 19.7 Å². The Balaban J connectivity index is 1.84. The molecular formula is C10H12BrN5. The van der Waals surface area contributed by atoms with E-state index in [-0.39, 0.29) is 0 Å². The zero-order chi connectivity index (χ0) is 11.4. The van der Waals surface area contributed by atoms with E-state index in [0.29, 0.717) is 0 Å². The Kier molecular flexibility index (Phi) is 3.51. The molecule has 0 bridgehead atoms. The number of halogens is 1. The minimum atomic E-state index is 0.780. The Hall–Kier alpha value is -1.43. The number of hydrogen-bond donors (Lipinski definition) is 1. The lowest BCUT2D eigenvalue weighted by atomic mass is 10.3. The molecule has 0 radical (unpaired) electrons. The second-order valence-electron chi connectivity index (χ2n) is 3.38. The van der Waals surface area contributed by atoms with Crippen molar-refractivity contribution in [3.8, 4) is 0 Å². The Morgan fingerprint density at radius 2 is 2.31 bits per heavy atom. The second-order valence-corrected chi connectivity index (χ2v) is 4.20. The summed E-state index contributed by atoms with van der Waals surface area (Å²) >= 11 is 3.30. The van der Waals surface area contributed by atoms with Gasteiger partial charge in [0.25, 0.3) is 0 Å². The number of aromatic nitrogens is 4. The summed E-state index contributed by atoms with van der Waals surface area (Å²) in [7, 11) is 1.92. The molecule has 0 spiro atoms. The maximum Gasteiger partial charge on any atom is 0.130 e. The highest BCUT2D eigenvalue weighted by Gasteiger charge is 1.98. The molecule has 0 aliphatic rings. The van der Waals surface area contributed by atoms with Crippen LogP contribution >= 0.6 is 15.9 Å². The van der Waals surface area contributed by atoms with E-state index in [2.05, 4.69) is 36.3 Å². The second kappa shape index (κ2) is 5.07. The van der Waals surface area contributed by atoms with E-state index in [0.717, 1.165) is 29.1 Å². The molecule has 2 aromatic rings. The van der Waals surface area contributed by atoms with Gasteiger partial charge in [-0.1, -0.05) is 0 Å². The van der Waals surface area contributed by atoms with E-state index < -0.39 is 0 Å². The molecule has 5 nitrogen and oxygen atoms in total. The first-order valence-corrected chi connectivity index (χ1v) is 5.73. The number of anilines is 1. The molecule has 0 atom stereocenters. The van der Waals surface area contributed by atoms with Crippen molar-refractivity contribution in [3.63, 3.8) is 0 Å². The highest BCUT2D eigenvalue weighted by molar-refractivity contribution is 9.10. The van der Waals surface area contributed by atoms with Gasteiger partial charge in [-0.25, -0.2) is 9.97 Å². The molecule has 2 heterocycles. The van der Waals surface area contributed by atoms with Crippen LogP contribution in [0.2, 0.25) is 0 Å². The molecule has 84 valence electrons. The number of nitrogens with zero attached hydrogens (tertiary/aromatic N) is 4. The third kappa shape index (κ3) is 3.03. The van der Waals surface area contributed by atoms with Crippen molar-refractivity contribution >= 4 is 21.7 Å². The first-order chi connectivity index (χ1) is 7.74. The third-order valence-electron chi connectivity index (χ3n) is 2.09. The summed E-state index contributed by atoms with van der Waals surface area (Å²) in [5.74, 6) is 0.817. The van der Waals surface area contributed by atoms with Crippen LogP contribution in [0.15, 0.2) is 29.3 Å². The topological polar surface area (TPSA) is 55.6 Å². The first-order valence-electron chi connectivity index (χ1n) is 4.94. The molecule has 0 saturated heterocycles. The van der Waals surface area contributed by atoms with Gasteiger partial charge in [0.15, 0.2) is 0 Å². The van der Waals surface area contributed by atoms with Gasteiger partial charge in [0, 0.05) is 32.3 Å². The van der Waals surface area contributed by atoms with E-state index in [4.69, 9.17) is 0 Å². The molecule has 0 amide bonds. The number of nitrogens with one attached hydrogen (secondary N) is 1. The number of hydrogen-bond acceptors (Lipinski definition) is 4. The average molecular weight is 282 g/mol. The zero-order valence-electron chi connectivity index (χ0n) is 8.89. The predicted molar refractivity (Wildman–Crippen MR) is 65.1 cm³/mol. The van der Waals surface area contributed by atoms with Crippen molar-refractivity contribution in [2.75, 3.05) is 11.9 Å². The minimum absolute atomic E-state index is 0.780. The zero-order valence-corrected chi connectivity index (χ0v) is 10.5. The fraction of sp³-hybridized carbons (Fsp3) is 0.300. The normalized spacial score (nSPS) is 10.4. The fourth-order valence-corrected chi connectivity index (χ4v) is 1.65. The minimum Gasteiger partial charge on any atom is -0.370 e. The summed E-state index contributed by atoms with van der Waals surface area (Å²) in [6.45, 7) is 0.806. The van der Waals surface area contributed by atoms with Crippen LogP contribution in [0.5, 0.6) is 0 Å². The molecule has 2 aromatic heterocycles. The highest BCUT2D eigenvalue weighted by Crippen LogP contribution is 2.09. The quantitative estimate of drug-likeness (QED) is 0.866. The Morgan fingerprint density at radius 3 is 3.00 bits per heavy atom. The summed E-state index contributed by atoms with van der Waals surface area (Å²) < 4.78 is 2.58. The Bertz CT molecular complexity index is 468. The van der Waals surface area contributed by atoms with Crippen molar-refractivity contribution < 1.29 is 0 Å². The van der Waals surface area contributed by atoms with Crippen molar-refractivity contribution in [1.29, 1.82) is 0 Å². The first kappa shape index (κ1) is 11.1. The maximum absolute atomic E-state index is 4.29. The van der Waals surface area contributed by atoms with Crippen LogP contribution in [0.25, 0.3) is 0 Å². The summed E-state index contributed by atoms with van der Waals surface area (Å²) in [5, 5.41) is 7.51. The molecule has 1 N–H and O–H groups in total. The van der Waals surface area contributed by atoms with Crippen LogP contribution in [0, 0.1) is 0 Å². The highest BCUT2D eigenvalue weighted by atomic mass is 79.9. The van der Waals surface area contributed by atoms with Gasteiger partial charge in [-0.3, -0.25) is 4.68 Å². The van der Waals surface area contributed by atoms with Gasteiger partial charge in [0.1, 0.15) is 16.7 Å². The summed E-state index contributed by atoms with van der Waals surface area (Å²) in [4.78, 5) is 8.06. The molecule has 6 heteroatoms. The van der Waals surface area contributed by atoms with Crippen LogP contribution in [0.1, 0.15) is 5.69 Å². The maximum atomic E-state index is 4.29. The largest absolute Gasteiger partial charge is 0.370 e. The monoisotopic (exact) mass is 281 g/mol. The van der Waals surface area contributed by atoms with Crippen LogP contribution in [0.3, 0.4) is 0 Å². The van der Waals surface area contributed by atoms with Gasteiger partial charge in [-0.15, -0.1) is 0 Å². The van der Waals surface area contributed by atoms with E-state index >= 15 is 0 Å². The van der Waals surface area contributed by atoms with E-state index in [1.165, 1.54) is 6.33 Å². The predicted octanol–water partition coefficient (Wildman–Crippen LogP) is 1.63. The smallest absolute Gasteiger partial charge is 0.130 e. The molecule has 0 aromatic carbocycles. The van der Waals surface area contributed by atoms with Crippen molar-refractivity contribution in [2.45, 2.75) is 6.42 Å². The van der Waals surface area contributed by atoms with Crippen molar-refractivity contribution in [3.05, 3.63) is 35.0 Å². The van der Waals surface area contributed by atoms with Crippen LogP contribution in [-0.4, -0.2) is 26.3 Å². The van der Waals surface area contributed by atoms with Gasteiger partial charge in [0.05, 0.1) is 5.69 Å². The van der Waals surface area contributed by atoms with E-state index in [1.807, 2.05) is 25.4 Å². The van der Waals surface area contributed by atoms with Gasteiger partial charge in [0.2, 0.25) is 0 Å². The van der Waals surface area contributed by atoms with Gasteiger partial charge >= 0.3 is 0 Å². The van der Waals surface area contributed by atoms with Crippen molar-refractivity contribution in [2.24, 2.45) is 7.05 Å². The molecule has 0 aliphatic heterocycles. The molecule has 0 saturated carbocycles. The van der Waals surface area contributed by atoms with Crippen LogP contribution in [0.4, 0.5) is 5.82 Å². The molecule has 0 fully saturated rings. The molecule has 2 rings (SSSR count). The molecular weight excluding hydrogens is 270 g/mol. The van der Waals surface area contributed by atoms with E-state index in [1.54, 1.807) is 4.68 Å². The van der Waals surface area contributed by atoms with Gasteiger partial charge in [-0.2, -0.15) is 5.10 Å². The summed E-state index contributed by atoms with van der Waals surface area (Å²) in [6.07, 6.45) is 4.34. The number of aryl methyl sites for hydroxylation is 1. The SMILES string of the molecule is Cn1ccc(CCNc2cc(Br)ncn2)n1. The lowest BCUT2D eigenvalue weighted by Crippen LogP contribution is -2.07. The van der Waals surface area contributed by atoms with E-state index in [9.17, 15) is 0 Å². The van der Waals surface area contributed by atoms with Gasteiger partial charge < -0.3 is 5.32 Å². The standard InChI is InChI=1S/C10H12BrN5/c1-16-5-3-8(15-16)2-4-12-10-6-9(11)13-7-14-10/h3,5-7H,2,4H2,1H3,(H,12,13,14). The van der Waals surface area contributed by atoms with Gasteiger partial charge in [-0.05, 0) is 22.0 Å². The third-order valence-corrected chi connectivity index (χ3v) is 2.52. The fourth-order valence-electron chi connectivity index (χ4n) is 1.35. The lowest BCUT2D eigenvalue weighted by Gasteiger charge is -2.03. The molecule has 0 unspecified atom stereocenters.